The van der Waals surface area contributed by atoms with Gasteiger partial charge in [-0.1, -0.05) is 18.2 Å². The van der Waals surface area contributed by atoms with E-state index in [1.807, 2.05) is 30.3 Å². The molecular weight excluding hydrogens is 204 g/mol. The largest absolute Gasteiger partial charge is 0.368 e. The lowest BCUT2D eigenvalue weighted by atomic mass is 10.3. The van der Waals surface area contributed by atoms with E-state index in [4.69, 9.17) is 11.6 Å². The highest BCUT2D eigenvalue weighted by molar-refractivity contribution is 5.60. The third-order valence-corrected chi connectivity index (χ3v) is 1.94. The van der Waals surface area contributed by atoms with E-state index in [0.717, 1.165) is 5.69 Å². The monoisotopic (exact) mass is 216 g/mol. The van der Waals surface area contributed by atoms with Gasteiger partial charge in [-0.05, 0) is 12.1 Å². The highest BCUT2D eigenvalue weighted by Gasteiger charge is 2.01. The van der Waals surface area contributed by atoms with Gasteiger partial charge < -0.3 is 16.5 Å². The molecule has 0 unspecified atom stereocenters. The summed E-state index contributed by atoms with van der Waals surface area (Å²) in [5.41, 5.74) is 8.87. The SMILES string of the molecule is NNc1cc(Nc2ccccc2)nc(N)n1. The quantitative estimate of drug-likeness (QED) is 0.452. The van der Waals surface area contributed by atoms with E-state index in [0.29, 0.717) is 11.6 Å². The molecule has 0 aliphatic heterocycles. The Labute approximate surface area is 92.7 Å². The lowest BCUT2D eigenvalue weighted by molar-refractivity contribution is 1.15. The summed E-state index contributed by atoms with van der Waals surface area (Å²) in [6, 6.07) is 11.3. The van der Waals surface area contributed by atoms with E-state index in [1.54, 1.807) is 6.07 Å². The van der Waals surface area contributed by atoms with Crippen molar-refractivity contribution in [3.8, 4) is 0 Å². The fourth-order valence-electron chi connectivity index (χ4n) is 1.27. The first-order valence-corrected chi connectivity index (χ1v) is 4.71. The molecule has 0 aliphatic carbocycles. The highest BCUT2D eigenvalue weighted by Crippen LogP contribution is 2.16. The smallest absolute Gasteiger partial charge is 0.223 e. The molecule has 6 N–H and O–H groups in total. The maximum Gasteiger partial charge on any atom is 0.223 e. The molecule has 1 heterocycles. The zero-order valence-corrected chi connectivity index (χ0v) is 8.51. The minimum atomic E-state index is 0.161. The summed E-state index contributed by atoms with van der Waals surface area (Å²) in [5, 5.41) is 3.09. The Bertz CT molecular complexity index is 470. The average Bonchev–Trinajstić information content (AvgIpc) is 2.29. The summed E-state index contributed by atoms with van der Waals surface area (Å²) in [4.78, 5) is 7.92. The van der Waals surface area contributed by atoms with Crippen molar-refractivity contribution in [1.82, 2.24) is 9.97 Å². The van der Waals surface area contributed by atoms with Gasteiger partial charge >= 0.3 is 0 Å². The Balaban J connectivity index is 2.24. The third-order valence-electron chi connectivity index (χ3n) is 1.94. The van der Waals surface area contributed by atoms with Crippen molar-refractivity contribution in [2.75, 3.05) is 16.5 Å². The number of benzene rings is 1. The van der Waals surface area contributed by atoms with Gasteiger partial charge in [-0.3, -0.25) is 0 Å². The molecule has 6 nitrogen and oxygen atoms in total. The zero-order chi connectivity index (χ0) is 11.4. The van der Waals surface area contributed by atoms with Crippen LogP contribution in [0.15, 0.2) is 36.4 Å². The number of nitrogens with two attached hydrogens (primary N) is 2. The molecule has 0 aliphatic rings. The molecule has 16 heavy (non-hydrogen) atoms. The van der Waals surface area contributed by atoms with Crippen LogP contribution in [0.5, 0.6) is 0 Å². The van der Waals surface area contributed by atoms with Crippen molar-refractivity contribution in [2.45, 2.75) is 0 Å². The molecule has 82 valence electrons. The van der Waals surface area contributed by atoms with E-state index in [9.17, 15) is 0 Å². The zero-order valence-electron chi connectivity index (χ0n) is 8.51. The van der Waals surface area contributed by atoms with Crippen LogP contribution in [0.1, 0.15) is 0 Å². The van der Waals surface area contributed by atoms with Gasteiger partial charge in [0.1, 0.15) is 11.6 Å². The predicted molar refractivity (Wildman–Crippen MR) is 64.0 cm³/mol. The normalized spacial score (nSPS) is 9.81. The molecular formula is C10H12N6. The second kappa shape index (κ2) is 4.45. The topological polar surface area (TPSA) is 102 Å². The standard InChI is InChI=1S/C10H12N6/c11-10-14-8(6-9(15-10)16-12)13-7-4-2-1-3-5-7/h1-6H,12H2,(H4,11,13,14,15,16). The van der Waals surface area contributed by atoms with Crippen molar-refractivity contribution in [3.05, 3.63) is 36.4 Å². The van der Waals surface area contributed by atoms with Crippen LogP contribution in [0.3, 0.4) is 0 Å². The maximum absolute atomic E-state index is 5.53. The first-order chi connectivity index (χ1) is 7.78. The van der Waals surface area contributed by atoms with E-state index >= 15 is 0 Å². The number of nitrogens with zero attached hydrogens (tertiary/aromatic N) is 2. The number of hydrogen-bond acceptors (Lipinski definition) is 6. The second-order valence-corrected chi connectivity index (χ2v) is 3.13. The summed E-state index contributed by atoms with van der Waals surface area (Å²) in [5.74, 6) is 6.47. The minimum Gasteiger partial charge on any atom is -0.368 e. The minimum absolute atomic E-state index is 0.161. The number of nitrogens with one attached hydrogen (secondary N) is 2. The molecule has 0 atom stereocenters. The van der Waals surface area contributed by atoms with Gasteiger partial charge in [-0.25, -0.2) is 5.84 Å². The van der Waals surface area contributed by atoms with Gasteiger partial charge in [0.15, 0.2) is 0 Å². The van der Waals surface area contributed by atoms with Crippen molar-refractivity contribution < 1.29 is 0 Å². The lowest BCUT2D eigenvalue weighted by Gasteiger charge is -2.07. The Morgan fingerprint density at radius 1 is 1.00 bits per heavy atom. The number of aromatic nitrogens is 2. The molecule has 0 fully saturated rings. The van der Waals surface area contributed by atoms with Crippen molar-refractivity contribution in [1.29, 1.82) is 0 Å². The number of rotatable bonds is 3. The van der Waals surface area contributed by atoms with Crippen LogP contribution in [-0.2, 0) is 0 Å². The summed E-state index contributed by atoms with van der Waals surface area (Å²) >= 11 is 0. The van der Waals surface area contributed by atoms with Gasteiger partial charge in [0.05, 0.1) is 0 Å². The lowest BCUT2D eigenvalue weighted by Crippen LogP contribution is -2.11. The molecule has 0 bridgehead atoms. The Morgan fingerprint density at radius 3 is 2.38 bits per heavy atom. The number of anilines is 4. The number of hydrazine groups is 1. The molecule has 1 aromatic heterocycles. The molecule has 0 amide bonds. The second-order valence-electron chi connectivity index (χ2n) is 3.13. The van der Waals surface area contributed by atoms with Gasteiger partial charge in [-0.15, -0.1) is 0 Å². The molecule has 1 aromatic carbocycles. The van der Waals surface area contributed by atoms with E-state index in [-0.39, 0.29) is 5.95 Å². The van der Waals surface area contributed by atoms with Crippen LogP contribution in [-0.4, -0.2) is 9.97 Å². The molecule has 0 saturated carbocycles. The first-order valence-electron chi connectivity index (χ1n) is 4.71. The van der Waals surface area contributed by atoms with Crippen LogP contribution in [0, 0.1) is 0 Å². The molecule has 6 heteroatoms. The highest BCUT2D eigenvalue weighted by atomic mass is 15.3. The fraction of sp³-hybridized carbons (Fsp3) is 0. The van der Waals surface area contributed by atoms with Gasteiger partial charge in [0.25, 0.3) is 0 Å². The van der Waals surface area contributed by atoms with Gasteiger partial charge in [0.2, 0.25) is 5.95 Å². The first kappa shape index (κ1) is 10.2. The van der Waals surface area contributed by atoms with Crippen molar-refractivity contribution >= 4 is 23.3 Å². The summed E-state index contributed by atoms with van der Waals surface area (Å²) in [6.07, 6.45) is 0. The van der Waals surface area contributed by atoms with E-state index in [2.05, 4.69) is 20.7 Å². The van der Waals surface area contributed by atoms with Crippen molar-refractivity contribution in [3.63, 3.8) is 0 Å². The van der Waals surface area contributed by atoms with Gasteiger partial charge in [-0.2, -0.15) is 9.97 Å². The third kappa shape index (κ3) is 2.37. The average molecular weight is 216 g/mol. The molecule has 2 rings (SSSR count). The molecule has 0 radical (unpaired) electrons. The Morgan fingerprint density at radius 2 is 1.69 bits per heavy atom. The number of hydrogen-bond donors (Lipinski definition) is 4. The Hall–Kier alpha value is -2.34. The summed E-state index contributed by atoms with van der Waals surface area (Å²) in [7, 11) is 0. The molecule has 0 spiro atoms. The van der Waals surface area contributed by atoms with Crippen LogP contribution >= 0.6 is 0 Å². The van der Waals surface area contributed by atoms with Crippen LogP contribution in [0.2, 0.25) is 0 Å². The molecule has 2 aromatic rings. The maximum atomic E-state index is 5.53. The Kier molecular flexibility index (Phi) is 2.84. The fourth-order valence-corrected chi connectivity index (χ4v) is 1.27. The van der Waals surface area contributed by atoms with E-state index in [1.165, 1.54) is 0 Å². The predicted octanol–water partition coefficient (Wildman–Crippen LogP) is 1.09. The van der Waals surface area contributed by atoms with Crippen LogP contribution in [0.25, 0.3) is 0 Å². The summed E-state index contributed by atoms with van der Waals surface area (Å²) in [6.45, 7) is 0. The van der Waals surface area contributed by atoms with Crippen LogP contribution < -0.4 is 22.3 Å². The molecule has 0 saturated heterocycles. The van der Waals surface area contributed by atoms with E-state index < -0.39 is 0 Å². The van der Waals surface area contributed by atoms with Crippen LogP contribution in [0.4, 0.5) is 23.3 Å². The van der Waals surface area contributed by atoms with Gasteiger partial charge in [0, 0.05) is 11.8 Å². The van der Waals surface area contributed by atoms with Crippen molar-refractivity contribution in [2.24, 2.45) is 5.84 Å². The number of nitrogen functional groups attached to an aromatic ring is 2. The summed E-state index contributed by atoms with van der Waals surface area (Å²) < 4.78 is 0. The number of para-hydroxylation sites is 1.